The summed E-state index contributed by atoms with van der Waals surface area (Å²) in [4.78, 5) is 0. The van der Waals surface area contributed by atoms with Crippen LogP contribution in [0.3, 0.4) is 0 Å². The fourth-order valence-corrected chi connectivity index (χ4v) is 2.29. The summed E-state index contributed by atoms with van der Waals surface area (Å²) in [5.74, 6) is -0.199. The molecule has 0 aromatic carbocycles. The first kappa shape index (κ1) is 16.8. The van der Waals surface area contributed by atoms with Crippen LogP contribution < -0.4 is 0 Å². The van der Waals surface area contributed by atoms with Crippen molar-refractivity contribution in [3.63, 3.8) is 0 Å². The lowest BCUT2D eigenvalue weighted by molar-refractivity contribution is 0.166. The molecular formula is C9H20O6S2. The Bertz CT molecular complexity index is 397. The summed E-state index contributed by atoms with van der Waals surface area (Å²) in [5.41, 5.74) is 0. The maximum absolute atomic E-state index is 11.2. The molecule has 0 saturated carbocycles. The third-order valence-electron chi connectivity index (χ3n) is 2.15. The fraction of sp³-hybridized carbons (Fsp3) is 1.00. The molecule has 0 aliphatic heterocycles. The lowest BCUT2D eigenvalue weighted by Crippen LogP contribution is -2.22. The first-order valence-electron chi connectivity index (χ1n) is 5.54. The van der Waals surface area contributed by atoms with Gasteiger partial charge in [0.1, 0.15) is 0 Å². The van der Waals surface area contributed by atoms with Crippen molar-refractivity contribution in [1.29, 1.82) is 0 Å². The molecule has 1 atom stereocenters. The van der Waals surface area contributed by atoms with Gasteiger partial charge in [-0.25, -0.2) is 0 Å². The quantitative estimate of drug-likeness (QED) is 0.586. The third kappa shape index (κ3) is 7.69. The van der Waals surface area contributed by atoms with Gasteiger partial charge in [-0.2, -0.15) is 16.8 Å². The van der Waals surface area contributed by atoms with E-state index >= 15 is 0 Å². The molecule has 8 heteroatoms. The van der Waals surface area contributed by atoms with Crippen LogP contribution in [-0.2, 0) is 28.6 Å². The molecule has 1 unspecified atom stereocenters. The van der Waals surface area contributed by atoms with Crippen LogP contribution in [0.25, 0.3) is 0 Å². The molecule has 0 fully saturated rings. The van der Waals surface area contributed by atoms with Crippen molar-refractivity contribution in [2.75, 3.05) is 18.1 Å². The van der Waals surface area contributed by atoms with Crippen molar-refractivity contribution in [3.8, 4) is 0 Å². The Hall–Kier alpha value is -0.180. The Morgan fingerprint density at radius 3 is 1.88 bits per heavy atom. The summed E-state index contributed by atoms with van der Waals surface area (Å²) in [5, 5.41) is 0. The summed E-state index contributed by atoms with van der Waals surface area (Å²) in [6.45, 7) is 4.67. The third-order valence-corrected chi connectivity index (χ3v) is 4.65. The highest BCUT2D eigenvalue weighted by Gasteiger charge is 2.17. The molecule has 0 N–H and O–H groups in total. The zero-order chi connectivity index (χ0) is 13.5. The first-order chi connectivity index (χ1) is 7.76. The summed E-state index contributed by atoms with van der Waals surface area (Å²) in [6, 6.07) is 0. The van der Waals surface area contributed by atoms with E-state index in [1.54, 1.807) is 6.92 Å². The van der Waals surface area contributed by atoms with Gasteiger partial charge >= 0.3 is 0 Å². The summed E-state index contributed by atoms with van der Waals surface area (Å²) in [7, 11) is -6.98. The molecule has 0 radical (unpaired) electrons. The second kappa shape index (κ2) is 7.30. The molecule has 6 nitrogen and oxygen atoms in total. The minimum absolute atomic E-state index is 0.0616. The molecule has 17 heavy (non-hydrogen) atoms. The van der Waals surface area contributed by atoms with Gasteiger partial charge in [-0.3, -0.25) is 8.37 Å². The molecule has 0 rings (SSSR count). The van der Waals surface area contributed by atoms with E-state index in [0.717, 1.165) is 0 Å². The Morgan fingerprint density at radius 1 is 0.941 bits per heavy atom. The van der Waals surface area contributed by atoms with Crippen LogP contribution in [0, 0.1) is 0 Å². The Labute approximate surface area is 104 Å². The number of hydrogen-bond donors (Lipinski definition) is 0. The second-order valence-electron chi connectivity index (χ2n) is 3.43. The molecule has 0 aliphatic carbocycles. The summed E-state index contributed by atoms with van der Waals surface area (Å²) in [6.07, 6.45) is 0.177. The Kier molecular flexibility index (Phi) is 7.22. The molecule has 0 aromatic rings. The van der Waals surface area contributed by atoms with Crippen LogP contribution in [0.15, 0.2) is 0 Å². The van der Waals surface area contributed by atoms with E-state index in [-0.39, 0.29) is 24.5 Å². The minimum Gasteiger partial charge on any atom is -0.270 e. The van der Waals surface area contributed by atoms with Gasteiger partial charge in [0.05, 0.1) is 24.2 Å². The molecule has 104 valence electrons. The molecule has 0 saturated heterocycles. The van der Waals surface area contributed by atoms with Crippen LogP contribution in [0.2, 0.25) is 0 Å². The van der Waals surface area contributed by atoms with E-state index in [4.69, 9.17) is 4.18 Å². The van der Waals surface area contributed by atoms with Gasteiger partial charge in [-0.1, -0.05) is 6.92 Å². The van der Waals surface area contributed by atoms with Gasteiger partial charge < -0.3 is 0 Å². The van der Waals surface area contributed by atoms with Crippen LogP contribution in [-0.4, -0.2) is 41.1 Å². The zero-order valence-electron chi connectivity index (χ0n) is 10.4. The number of hydrogen-bond acceptors (Lipinski definition) is 6. The smallest absolute Gasteiger partial charge is 0.267 e. The Balaban J connectivity index is 4.17. The van der Waals surface area contributed by atoms with Crippen molar-refractivity contribution in [1.82, 2.24) is 0 Å². The van der Waals surface area contributed by atoms with Crippen LogP contribution >= 0.6 is 0 Å². The standard InChI is InChI=1S/C9H20O6S2/c1-4-9(15-17(12,13)6-3)7-8-14-16(10,11)5-2/h9H,4-8H2,1-3H3. The lowest BCUT2D eigenvalue weighted by Gasteiger charge is -2.14. The monoisotopic (exact) mass is 288 g/mol. The van der Waals surface area contributed by atoms with Gasteiger partial charge in [-0.05, 0) is 26.7 Å². The largest absolute Gasteiger partial charge is 0.270 e. The molecule has 0 spiro atoms. The van der Waals surface area contributed by atoms with E-state index < -0.39 is 26.3 Å². The SMILES string of the molecule is CCC(CCOS(=O)(=O)CC)OS(=O)(=O)CC. The Morgan fingerprint density at radius 2 is 1.47 bits per heavy atom. The van der Waals surface area contributed by atoms with E-state index in [9.17, 15) is 16.8 Å². The summed E-state index contributed by atoms with van der Waals surface area (Å²) >= 11 is 0. The van der Waals surface area contributed by atoms with Crippen LogP contribution in [0.1, 0.15) is 33.6 Å². The predicted octanol–water partition coefficient (Wildman–Crippen LogP) is 0.888. The van der Waals surface area contributed by atoms with Gasteiger partial charge in [0.2, 0.25) is 0 Å². The summed E-state index contributed by atoms with van der Waals surface area (Å²) < 4.78 is 54.0. The molecule has 0 amide bonds. The fourth-order valence-electron chi connectivity index (χ4n) is 0.986. The second-order valence-corrected chi connectivity index (χ2v) is 7.24. The molecule has 0 aliphatic rings. The zero-order valence-corrected chi connectivity index (χ0v) is 12.0. The van der Waals surface area contributed by atoms with Crippen molar-refractivity contribution >= 4 is 20.2 Å². The van der Waals surface area contributed by atoms with Gasteiger partial charge in [0.15, 0.2) is 0 Å². The highest BCUT2D eigenvalue weighted by atomic mass is 32.2. The first-order valence-corrected chi connectivity index (χ1v) is 8.69. The van der Waals surface area contributed by atoms with Gasteiger partial charge in [0, 0.05) is 0 Å². The average molecular weight is 288 g/mol. The van der Waals surface area contributed by atoms with Crippen LogP contribution in [0.5, 0.6) is 0 Å². The lowest BCUT2D eigenvalue weighted by atomic mass is 10.2. The maximum atomic E-state index is 11.2. The highest BCUT2D eigenvalue weighted by Crippen LogP contribution is 2.09. The van der Waals surface area contributed by atoms with Crippen molar-refractivity contribution in [3.05, 3.63) is 0 Å². The molecule has 0 heterocycles. The molecule has 0 bridgehead atoms. The van der Waals surface area contributed by atoms with Crippen molar-refractivity contribution in [2.45, 2.75) is 39.7 Å². The predicted molar refractivity (Wildman–Crippen MR) is 64.7 cm³/mol. The topological polar surface area (TPSA) is 86.7 Å². The number of rotatable bonds is 9. The maximum Gasteiger partial charge on any atom is 0.267 e. The van der Waals surface area contributed by atoms with Crippen molar-refractivity contribution < 1.29 is 25.2 Å². The molecular weight excluding hydrogens is 268 g/mol. The van der Waals surface area contributed by atoms with E-state index in [0.29, 0.717) is 6.42 Å². The van der Waals surface area contributed by atoms with E-state index in [1.165, 1.54) is 13.8 Å². The van der Waals surface area contributed by atoms with Gasteiger partial charge in [0.25, 0.3) is 20.2 Å². The highest BCUT2D eigenvalue weighted by molar-refractivity contribution is 7.86. The van der Waals surface area contributed by atoms with Gasteiger partial charge in [-0.15, -0.1) is 0 Å². The normalized spacial score (nSPS) is 14.8. The van der Waals surface area contributed by atoms with Crippen LogP contribution in [0.4, 0.5) is 0 Å². The van der Waals surface area contributed by atoms with E-state index in [1.807, 2.05) is 0 Å². The molecule has 0 aromatic heterocycles. The van der Waals surface area contributed by atoms with E-state index in [2.05, 4.69) is 4.18 Å². The van der Waals surface area contributed by atoms with Crippen molar-refractivity contribution in [2.24, 2.45) is 0 Å². The average Bonchev–Trinajstić information content (AvgIpc) is 2.27. The minimum atomic E-state index is -3.51.